The molecule has 3 aliphatic heterocycles. The minimum atomic E-state index is -0.800. The van der Waals surface area contributed by atoms with Gasteiger partial charge in [0.25, 0.3) is 0 Å². The second-order valence-electron chi connectivity index (χ2n) is 13.0. The van der Waals surface area contributed by atoms with Gasteiger partial charge in [-0.2, -0.15) is 9.97 Å². The summed E-state index contributed by atoms with van der Waals surface area (Å²) >= 11 is 0. The van der Waals surface area contributed by atoms with Crippen molar-refractivity contribution in [3.8, 4) is 6.01 Å². The molecular weight excluding hydrogens is 505 g/mol. The quantitative estimate of drug-likeness (QED) is 0.532. The third-order valence-corrected chi connectivity index (χ3v) is 10.6. The van der Waals surface area contributed by atoms with Gasteiger partial charge in [0.05, 0.1) is 5.69 Å². The highest BCUT2D eigenvalue weighted by molar-refractivity contribution is 5.87. The van der Waals surface area contributed by atoms with Crippen molar-refractivity contribution >= 4 is 11.7 Å². The molecule has 5 aliphatic rings. The summed E-state index contributed by atoms with van der Waals surface area (Å²) in [5.74, 6) is 1.06. The van der Waals surface area contributed by atoms with Crippen LogP contribution >= 0.6 is 0 Å². The average molecular weight is 546 g/mol. The first-order valence-corrected chi connectivity index (χ1v) is 15.0. The van der Waals surface area contributed by atoms with Gasteiger partial charge in [-0.05, 0) is 75.6 Å². The number of anilines is 1. The summed E-state index contributed by atoms with van der Waals surface area (Å²) in [4.78, 5) is 28.5. The number of nitrogens with zero attached hydrogens (tertiary/aromatic N) is 5. The number of halogens is 1. The lowest BCUT2D eigenvalue weighted by atomic mass is 9.69. The zero-order valence-electron chi connectivity index (χ0n) is 23.6. The van der Waals surface area contributed by atoms with E-state index in [9.17, 15) is 9.18 Å². The molecule has 3 atom stereocenters. The maximum atomic E-state index is 14.0. The van der Waals surface area contributed by atoms with Crippen LogP contribution in [-0.2, 0) is 29.5 Å². The fourth-order valence-electron chi connectivity index (χ4n) is 8.14. The van der Waals surface area contributed by atoms with Crippen molar-refractivity contribution in [2.75, 3.05) is 51.3 Å². The lowest BCUT2D eigenvalue weighted by Crippen LogP contribution is -2.61. The van der Waals surface area contributed by atoms with Crippen molar-refractivity contribution in [3.63, 3.8) is 0 Å². The molecule has 0 radical (unpaired) electrons. The molecule has 3 fully saturated rings. The number of hydrogen-bond donors (Lipinski definition) is 0. The fourth-order valence-corrected chi connectivity index (χ4v) is 8.14. The SMILES string of the molecule is C=CC(=O)N1CC2(CCN(c3nc(OC[C@@H]4C[C@@H](F)CN4C)nc4c3CC[C@]3(CCc5ccccc53)C4)CC2)C1. The van der Waals surface area contributed by atoms with Crippen LogP contribution < -0.4 is 9.64 Å². The van der Waals surface area contributed by atoms with E-state index >= 15 is 0 Å². The lowest BCUT2D eigenvalue weighted by Gasteiger charge is -2.54. The van der Waals surface area contributed by atoms with Crippen LogP contribution in [0.1, 0.15) is 54.5 Å². The molecule has 8 heteroatoms. The van der Waals surface area contributed by atoms with Gasteiger partial charge in [-0.25, -0.2) is 4.39 Å². The van der Waals surface area contributed by atoms with Gasteiger partial charge in [-0.1, -0.05) is 30.8 Å². The number of carbonyl (C=O) groups is 1. The van der Waals surface area contributed by atoms with Gasteiger partial charge in [-0.3, -0.25) is 9.69 Å². The second kappa shape index (κ2) is 9.82. The van der Waals surface area contributed by atoms with E-state index in [1.54, 1.807) is 0 Å². The molecule has 2 aliphatic carbocycles. The molecule has 2 aromatic rings. The van der Waals surface area contributed by atoms with Crippen LogP contribution in [-0.4, -0.2) is 84.3 Å². The first-order valence-electron chi connectivity index (χ1n) is 15.0. The number of piperidine rings is 1. The number of amides is 1. The summed E-state index contributed by atoms with van der Waals surface area (Å²) in [6.07, 6.45) is 8.51. The van der Waals surface area contributed by atoms with Crippen LogP contribution in [0.2, 0.25) is 0 Å². The molecule has 0 bridgehead atoms. The number of benzene rings is 1. The molecule has 0 N–H and O–H groups in total. The number of aromatic nitrogens is 2. The highest BCUT2D eigenvalue weighted by atomic mass is 19.1. The van der Waals surface area contributed by atoms with Crippen LogP contribution in [0.3, 0.4) is 0 Å². The van der Waals surface area contributed by atoms with Crippen molar-refractivity contribution < 1.29 is 13.9 Å². The van der Waals surface area contributed by atoms with Gasteiger partial charge >= 0.3 is 6.01 Å². The molecule has 2 spiro atoms. The van der Waals surface area contributed by atoms with Crippen LogP contribution in [0.25, 0.3) is 0 Å². The highest BCUT2D eigenvalue weighted by Gasteiger charge is 2.47. The van der Waals surface area contributed by atoms with Crippen LogP contribution in [0, 0.1) is 5.41 Å². The Morgan fingerprint density at radius 3 is 2.67 bits per heavy atom. The zero-order chi connectivity index (χ0) is 27.5. The average Bonchev–Trinajstić information content (AvgIpc) is 3.47. The molecule has 3 saturated heterocycles. The number of likely N-dealkylation sites (tertiary alicyclic amines) is 2. The molecule has 4 heterocycles. The van der Waals surface area contributed by atoms with Crippen molar-refractivity contribution in [1.82, 2.24) is 19.8 Å². The smallest absolute Gasteiger partial charge is 0.318 e. The standard InChI is InChI=1S/C32H40FN5O2/c1-3-28(39)38-20-31(21-38)12-14-37(15-13-31)29-25-9-11-32(10-8-22-6-4-5-7-26(22)32)17-27(25)34-30(35-29)40-19-24-16-23(33)18-36(24)2/h3-7,23-24H,1,8-21H2,2H3/t23-,24+,32-/m1/s1. The van der Waals surface area contributed by atoms with Crippen LogP contribution in [0.4, 0.5) is 10.2 Å². The van der Waals surface area contributed by atoms with E-state index < -0.39 is 6.17 Å². The molecule has 7 rings (SSSR count). The third-order valence-electron chi connectivity index (χ3n) is 10.6. The fraction of sp³-hybridized carbons (Fsp3) is 0.594. The van der Waals surface area contributed by atoms with E-state index in [0.29, 0.717) is 25.6 Å². The van der Waals surface area contributed by atoms with Gasteiger partial charge in [0.1, 0.15) is 18.6 Å². The number of aryl methyl sites for hydroxylation is 1. The van der Waals surface area contributed by atoms with E-state index in [-0.39, 0.29) is 22.8 Å². The Morgan fingerprint density at radius 1 is 1.15 bits per heavy atom. The highest BCUT2D eigenvalue weighted by Crippen LogP contribution is 2.49. The minimum Gasteiger partial charge on any atom is -0.462 e. The maximum absolute atomic E-state index is 14.0. The minimum absolute atomic E-state index is 0.0362. The van der Waals surface area contributed by atoms with E-state index in [1.165, 1.54) is 22.8 Å². The van der Waals surface area contributed by atoms with Crippen molar-refractivity contribution in [1.29, 1.82) is 0 Å². The van der Waals surface area contributed by atoms with Gasteiger partial charge in [0.2, 0.25) is 5.91 Å². The number of hydrogen-bond acceptors (Lipinski definition) is 6. The first kappa shape index (κ1) is 25.9. The van der Waals surface area contributed by atoms with Gasteiger partial charge in [0, 0.05) is 55.2 Å². The number of rotatable bonds is 5. The van der Waals surface area contributed by atoms with E-state index in [1.807, 2.05) is 16.8 Å². The summed E-state index contributed by atoms with van der Waals surface area (Å²) < 4.78 is 20.2. The van der Waals surface area contributed by atoms with Crippen LogP contribution in [0.15, 0.2) is 36.9 Å². The third kappa shape index (κ3) is 4.39. The predicted octanol–water partition coefficient (Wildman–Crippen LogP) is 3.89. The molecule has 1 aromatic carbocycles. The summed E-state index contributed by atoms with van der Waals surface area (Å²) in [5.41, 5.74) is 5.73. The Kier molecular flexibility index (Phi) is 6.37. The number of alkyl halides is 1. The van der Waals surface area contributed by atoms with Crippen molar-refractivity contribution in [3.05, 3.63) is 59.3 Å². The van der Waals surface area contributed by atoms with Crippen LogP contribution in [0.5, 0.6) is 6.01 Å². The molecular formula is C32H40FN5O2. The number of ether oxygens (including phenoxy) is 1. The molecule has 0 unspecified atom stereocenters. The summed E-state index contributed by atoms with van der Waals surface area (Å²) in [6, 6.07) is 9.40. The largest absolute Gasteiger partial charge is 0.462 e. The van der Waals surface area contributed by atoms with Crippen molar-refractivity contribution in [2.45, 2.75) is 69.0 Å². The van der Waals surface area contributed by atoms with E-state index in [2.05, 4.69) is 35.7 Å². The van der Waals surface area contributed by atoms with E-state index in [0.717, 1.165) is 82.6 Å². The van der Waals surface area contributed by atoms with Gasteiger partial charge in [0.15, 0.2) is 0 Å². The number of fused-ring (bicyclic) bond motifs is 3. The van der Waals surface area contributed by atoms with Gasteiger partial charge in [-0.15, -0.1) is 0 Å². The zero-order valence-corrected chi connectivity index (χ0v) is 23.6. The second-order valence-corrected chi connectivity index (χ2v) is 13.0. The lowest BCUT2D eigenvalue weighted by molar-refractivity contribution is -0.139. The number of likely N-dealkylation sites (N-methyl/N-ethyl adjacent to an activating group) is 1. The summed E-state index contributed by atoms with van der Waals surface area (Å²) in [7, 11) is 1.96. The van der Waals surface area contributed by atoms with Gasteiger partial charge < -0.3 is 14.5 Å². The Balaban J connectivity index is 1.15. The summed E-state index contributed by atoms with van der Waals surface area (Å²) in [6.45, 7) is 7.99. The topological polar surface area (TPSA) is 61.8 Å². The molecule has 1 aromatic heterocycles. The Bertz CT molecular complexity index is 1320. The first-order chi connectivity index (χ1) is 19.4. The van der Waals surface area contributed by atoms with Crippen molar-refractivity contribution in [2.24, 2.45) is 5.41 Å². The monoisotopic (exact) mass is 545 g/mol. The molecule has 1 amide bonds. The predicted molar refractivity (Wildman–Crippen MR) is 153 cm³/mol. The molecule has 0 saturated carbocycles. The Morgan fingerprint density at radius 2 is 1.93 bits per heavy atom. The Hall–Kier alpha value is -3.00. The summed E-state index contributed by atoms with van der Waals surface area (Å²) in [5, 5.41) is 0. The molecule has 212 valence electrons. The Labute approximate surface area is 236 Å². The molecule has 7 nitrogen and oxygen atoms in total. The maximum Gasteiger partial charge on any atom is 0.318 e. The normalized spacial score (nSPS) is 28.9. The number of carbonyl (C=O) groups excluding carboxylic acids is 1. The molecule has 40 heavy (non-hydrogen) atoms. The van der Waals surface area contributed by atoms with E-state index in [4.69, 9.17) is 14.7 Å².